The number of hydrogen-bond acceptors (Lipinski definition) is 6. The van der Waals surface area contributed by atoms with E-state index in [0.29, 0.717) is 24.1 Å². The number of rotatable bonds is 10. The number of benzene rings is 1. The summed E-state index contributed by atoms with van der Waals surface area (Å²) in [5, 5.41) is 2.63. The van der Waals surface area contributed by atoms with E-state index in [1.807, 2.05) is 6.92 Å². The first-order chi connectivity index (χ1) is 13.9. The standard InChI is InChI=1S/C20H23N3O5S/c1-2-11-23-29(26,27)18-6-3-16(4-7-18)5-8-19(24)28-15-14-22-20(25)17-9-12-21-13-10-17/h3-10,12-13,23H,2,11,14-15H2,1H3,(H,22,25). The molecule has 0 fully saturated rings. The number of carbonyl (C=O) groups excluding carboxylic acids is 2. The molecule has 0 spiro atoms. The fourth-order valence-electron chi connectivity index (χ4n) is 2.21. The Kier molecular flexibility index (Phi) is 8.50. The third-order valence-electron chi connectivity index (χ3n) is 3.72. The number of ether oxygens (including phenoxy) is 1. The Morgan fingerprint density at radius 2 is 1.76 bits per heavy atom. The number of pyridine rings is 1. The van der Waals surface area contributed by atoms with Crippen LogP contribution in [-0.2, 0) is 19.6 Å². The van der Waals surface area contributed by atoms with E-state index in [2.05, 4.69) is 15.0 Å². The van der Waals surface area contributed by atoms with Crippen LogP contribution in [0, 0.1) is 0 Å². The molecule has 154 valence electrons. The highest BCUT2D eigenvalue weighted by Crippen LogP contribution is 2.11. The summed E-state index contributed by atoms with van der Waals surface area (Å²) in [6.07, 6.45) is 6.50. The van der Waals surface area contributed by atoms with Gasteiger partial charge < -0.3 is 10.1 Å². The Labute approximate surface area is 170 Å². The van der Waals surface area contributed by atoms with Gasteiger partial charge in [0.1, 0.15) is 6.61 Å². The molecular formula is C20H23N3O5S. The molecule has 1 aromatic carbocycles. The molecule has 0 atom stereocenters. The van der Waals surface area contributed by atoms with Crippen molar-refractivity contribution < 1.29 is 22.7 Å². The van der Waals surface area contributed by atoms with Crippen molar-refractivity contribution in [1.82, 2.24) is 15.0 Å². The number of sulfonamides is 1. The number of nitrogens with one attached hydrogen (secondary N) is 2. The van der Waals surface area contributed by atoms with Gasteiger partial charge in [0, 0.05) is 30.6 Å². The predicted octanol–water partition coefficient (Wildman–Crippen LogP) is 1.76. The van der Waals surface area contributed by atoms with Crippen molar-refractivity contribution in [1.29, 1.82) is 0 Å². The summed E-state index contributed by atoms with van der Waals surface area (Å²) in [5.74, 6) is -0.841. The van der Waals surface area contributed by atoms with E-state index in [0.717, 1.165) is 0 Å². The Morgan fingerprint density at radius 3 is 2.41 bits per heavy atom. The van der Waals surface area contributed by atoms with Crippen LogP contribution in [0.3, 0.4) is 0 Å². The molecule has 0 bridgehead atoms. The highest BCUT2D eigenvalue weighted by atomic mass is 32.2. The van der Waals surface area contributed by atoms with E-state index in [-0.39, 0.29) is 24.0 Å². The van der Waals surface area contributed by atoms with Gasteiger partial charge in [0.25, 0.3) is 5.91 Å². The molecule has 8 nitrogen and oxygen atoms in total. The summed E-state index contributed by atoms with van der Waals surface area (Å²) in [4.78, 5) is 27.5. The molecule has 1 aromatic heterocycles. The lowest BCUT2D eigenvalue weighted by molar-refractivity contribution is -0.137. The second-order valence-electron chi connectivity index (χ2n) is 5.96. The minimum Gasteiger partial charge on any atom is -0.461 e. The SMILES string of the molecule is CCCNS(=O)(=O)c1ccc(C=CC(=O)OCCNC(=O)c2ccncc2)cc1. The lowest BCUT2D eigenvalue weighted by atomic mass is 10.2. The fraction of sp³-hybridized carbons (Fsp3) is 0.250. The average Bonchev–Trinajstić information content (AvgIpc) is 2.74. The summed E-state index contributed by atoms with van der Waals surface area (Å²) in [6.45, 7) is 2.46. The van der Waals surface area contributed by atoms with Crippen molar-refractivity contribution in [2.75, 3.05) is 19.7 Å². The van der Waals surface area contributed by atoms with Crippen molar-refractivity contribution in [3.8, 4) is 0 Å². The van der Waals surface area contributed by atoms with Crippen molar-refractivity contribution in [2.24, 2.45) is 0 Å². The number of carbonyl (C=O) groups is 2. The van der Waals surface area contributed by atoms with Gasteiger partial charge in [-0.2, -0.15) is 0 Å². The summed E-state index contributed by atoms with van der Waals surface area (Å²) >= 11 is 0. The zero-order chi connectivity index (χ0) is 21.1. The van der Waals surface area contributed by atoms with E-state index in [9.17, 15) is 18.0 Å². The Morgan fingerprint density at radius 1 is 1.07 bits per heavy atom. The minimum atomic E-state index is -3.52. The van der Waals surface area contributed by atoms with Gasteiger partial charge in [-0.3, -0.25) is 9.78 Å². The van der Waals surface area contributed by atoms with Crippen LogP contribution in [-0.4, -0.2) is 45.0 Å². The largest absolute Gasteiger partial charge is 0.461 e. The van der Waals surface area contributed by atoms with Crippen LogP contribution in [0.4, 0.5) is 0 Å². The molecular weight excluding hydrogens is 394 g/mol. The van der Waals surface area contributed by atoms with Gasteiger partial charge in [-0.05, 0) is 42.3 Å². The summed E-state index contributed by atoms with van der Waals surface area (Å²) in [7, 11) is -3.52. The first kappa shape index (κ1) is 22.3. The smallest absolute Gasteiger partial charge is 0.330 e. The Balaban J connectivity index is 1.76. The fourth-order valence-corrected chi connectivity index (χ4v) is 3.35. The van der Waals surface area contributed by atoms with Gasteiger partial charge in [-0.1, -0.05) is 19.1 Å². The zero-order valence-corrected chi connectivity index (χ0v) is 16.8. The molecule has 1 amide bonds. The van der Waals surface area contributed by atoms with Crippen molar-refractivity contribution >= 4 is 28.0 Å². The van der Waals surface area contributed by atoms with Crippen LogP contribution in [0.2, 0.25) is 0 Å². The van der Waals surface area contributed by atoms with Crippen LogP contribution in [0.5, 0.6) is 0 Å². The molecule has 29 heavy (non-hydrogen) atoms. The van der Waals surface area contributed by atoms with Gasteiger partial charge in [0.05, 0.1) is 11.4 Å². The van der Waals surface area contributed by atoms with Crippen LogP contribution < -0.4 is 10.0 Å². The van der Waals surface area contributed by atoms with E-state index in [1.165, 1.54) is 36.7 Å². The minimum absolute atomic E-state index is 0.0281. The maximum atomic E-state index is 12.0. The lowest BCUT2D eigenvalue weighted by Gasteiger charge is -2.06. The molecule has 0 aliphatic rings. The molecule has 2 rings (SSSR count). The predicted molar refractivity (Wildman–Crippen MR) is 108 cm³/mol. The molecule has 0 aliphatic carbocycles. The van der Waals surface area contributed by atoms with Gasteiger partial charge in [0.15, 0.2) is 0 Å². The topological polar surface area (TPSA) is 114 Å². The van der Waals surface area contributed by atoms with Crippen molar-refractivity contribution in [2.45, 2.75) is 18.2 Å². The van der Waals surface area contributed by atoms with E-state index >= 15 is 0 Å². The third kappa shape index (κ3) is 7.47. The molecule has 2 N–H and O–H groups in total. The number of amides is 1. The third-order valence-corrected chi connectivity index (χ3v) is 5.20. The average molecular weight is 417 g/mol. The zero-order valence-electron chi connectivity index (χ0n) is 16.0. The molecule has 9 heteroatoms. The molecule has 0 saturated carbocycles. The van der Waals surface area contributed by atoms with Crippen LogP contribution in [0.25, 0.3) is 6.08 Å². The first-order valence-electron chi connectivity index (χ1n) is 9.05. The molecule has 0 radical (unpaired) electrons. The van der Waals surface area contributed by atoms with Crippen LogP contribution in [0.1, 0.15) is 29.3 Å². The summed E-state index contributed by atoms with van der Waals surface area (Å²) in [6, 6.07) is 9.30. The van der Waals surface area contributed by atoms with E-state index in [1.54, 1.807) is 24.3 Å². The molecule has 0 aliphatic heterocycles. The maximum Gasteiger partial charge on any atom is 0.330 e. The molecule has 0 unspecified atom stereocenters. The highest BCUT2D eigenvalue weighted by molar-refractivity contribution is 7.89. The Bertz CT molecular complexity index is 942. The van der Waals surface area contributed by atoms with Crippen LogP contribution >= 0.6 is 0 Å². The summed E-state index contributed by atoms with van der Waals surface area (Å²) < 4.78 is 31.5. The highest BCUT2D eigenvalue weighted by Gasteiger charge is 2.12. The first-order valence-corrected chi connectivity index (χ1v) is 10.5. The Hall–Kier alpha value is -3.04. The van der Waals surface area contributed by atoms with Gasteiger partial charge in [0.2, 0.25) is 10.0 Å². The number of nitrogens with zero attached hydrogens (tertiary/aromatic N) is 1. The van der Waals surface area contributed by atoms with Gasteiger partial charge in [-0.15, -0.1) is 0 Å². The number of hydrogen-bond donors (Lipinski definition) is 2. The number of aromatic nitrogens is 1. The molecule has 2 aromatic rings. The van der Waals surface area contributed by atoms with Crippen LogP contribution in [0.15, 0.2) is 59.8 Å². The van der Waals surface area contributed by atoms with E-state index in [4.69, 9.17) is 4.74 Å². The quantitative estimate of drug-likeness (QED) is 0.346. The second kappa shape index (κ2) is 11.1. The monoisotopic (exact) mass is 417 g/mol. The van der Waals surface area contributed by atoms with Crippen molar-refractivity contribution in [3.63, 3.8) is 0 Å². The second-order valence-corrected chi connectivity index (χ2v) is 7.73. The van der Waals surface area contributed by atoms with Gasteiger partial charge in [-0.25, -0.2) is 17.9 Å². The normalized spacial score (nSPS) is 11.3. The maximum absolute atomic E-state index is 12.0. The van der Waals surface area contributed by atoms with Crippen molar-refractivity contribution in [3.05, 3.63) is 66.0 Å². The number of esters is 1. The van der Waals surface area contributed by atoms with E-state index < -0.39 is 16.0 Å². The summed E-state index contributed by atoms with van der Waals surface area (Å²) in [5.41, 5.74) is 1.13. The molecule has 0 saturated heterocycles. The van der Waals surface area contributed by atoms with Gasteiger partial charge >= 0.3 is 5.97 Å². The molecule has 1 heterocycles. The lowest BCUT2D eigenvalue weighted by Crippen LogP contribution is -2.27.